The Morgan fingerprint density at radius 2 is 1.62 bits per heavy atom. The van der Waals surface area contributed by atoms with Gasteiger partial charge in [-0.05, 0) is 35.6 Å². The van der Waals surface area contributed by atoms with Crippen molar-refractivity contribution < 1.29 is 9.90 Å². The van der Waals surface area contributed by atoms with Gasteiger partial charge in [-0.15, -0.1) is 0 Å². The molecule has 0 amide bonds. The van der Waals surface area contributed by atoms with E-state index < -0.39 is 0 Å². The van der Waals surface area contributed by atoms with Crippen LogP contribution in [0.3, 0.4) is 0 Å². The van der Waals surface area contributed by atoms with E-state index in [1.165, 1.54) is 6.42 Å². The fraction of sp³-hybridized carbons (Fsp3) is 0.429. The van der Waals surface area contributed by atoms with Crippen molar-refractivity contribution in [2.24, 2.45) is 5.92 Å². The van der Waals surface area contributed by atoms with Crippen LogP contribution >= 0.6 is 0 Å². The summed E-state index contributed by atoms with van der Waals surface area (Å²) in [7, 11) is 0. The number of carbonyl (C=O) groups is 1. The molecule has 1 N–H and O–H groups in total. The van der Waals surface area contributed by atoms with Crippen LogP contribution in [0.2, 0.25) is 0 Å². The summed E-state index contributed by atoms with van der Waals surface area (Å²) in [5.41, 5.74) is 3.76. The van der Waals surface area contributed by atoms with E-state index in [0.717, 1.165) is 29.5 Å². The molecule has 130 valence electrons. The fourth-order valence-corrected chi connectivity index (χ4v) is 2.19. The molecule has 0 saturated carbocycles. The van der Waals surface area contributed by atoms with E-state index in [4.69, 9.17) is 5.11 Å². The number of aliphatic hydroxyl groups excluding tert-OH is 1. The Bertz CT molecular complexity index is 620. The third kappa shape index (κ3) is 6.25. The minimum Gasteiger partial charge on any atom is -0.392 e. The number of nitrogens with zero attached hydrogens (tertiary/aromatic N) is 1. The molecule has 3 heteroatoms. The first kappa shape index (κ1) is 20.0. The van der Waals surface area contributed by atoms with Crippen molar-refractivity contribution in [3.63, 3.8) is 0 Å². The summed E-state index contributed by atoms with van der Waals surface area (Å²) in [5, 5.41) is 9.04. The van der Waals surface area contributed by atoms with E-state index in [2.05, 4.69) is 18.8 Å². The number of aliphatic hydroxyl groups is 1. The normalized spacial score (nSPS) is 11.4. The van der Waals surface area contributed by atoms with Crippen LogP contribution in [0.5, 0.6) is 0 Å². The van der Waals surface area contributed by atoms with Crippen LogP contribution in [0.1, 0.15) is 67.6 Å². The van der Waals surface area contributed by atoms with Gasteiger partial charge < -0.3 is 5.11 Å². The first-order valence-corrected chi connectivity index (χ1v) is 8.72. The molecular formula is C21H29NO2. The predicted molar refractivity (Wildman–Crippen MR) is 99.2 cm³/mol. The smallest absolute Gasteiger partial charge is 0.167 e. The molecule has 0 bridgehead atoms. The van der Waals surface area contributed by atoms with Crippen LogP contribution in [0.4, 0.5) is 0 Å². The van der Waals surface area contributed by atoms with Gasteiger partial charge in [-0.2, -0.15) is 0 Å². The summed E-state index contributed by atoms with van der Waals surface area (Å²) in [5.74, 6) is 0.188. The standard InChI is InChI=1S/C18H21NO2.C3H8/c1-3-13(2)18(21)17-9-16(10-19-11-17)8-14-4-6-15(12-20)7-5-14;1-3-2/h4-7,9-11,13,20H,3,8,12H2,1-2H3;3H2,1-2H3. The Balaban J connectivity index is 0.000000891. The highest BCUT2D eigenvalue weighted by atomic mass is 16.3. The number of carbonyl (C=O) groups excluding carboxylic acids is 1. The summed E-state index contributed by atoms with van der Waals surface area (Å²) < 4.78 is 0. The summed E-state index contributed by atoms with van der Waals surface area (Å²) in [6.45, 7) is 8.27. The summed E-state index contributed by atoms with van der Waals surface area (Å²) >= 11 is 0. The average molecular weight is 327 g/mol. The SMILES string of the molecule is CCC.CCC(C)C(=O)c1cncc(Cc2ccc(CO)cc2)c1. The van der Waals surface area contributed by atoms with Crippen LogP contribution in [0, 0.1) is 5.92 Å². The van der Waals surface area contributed by atoms with Crippen molar-refractivity contribution in [3.8, 4) is 0 Å². The highest BCUT2D eigenvalue weighted by Gasteiger charge is 2.14. The van der Waals surface area contributed by atoms with Gasteiger partial charge in [0.25, 0.3) is 0 Å². The van der Waals surface area contributed by atoms with Gasteiger partial charge in [-0.1, -0.05) is 58.4 Å². The third-order valence-electron chi connectivity index (χ3n) is 3.75. The maximum absolute atomic E-state index is 12.2. The first-order chi connectivity index (χ1) is 11.5. The largest absolute Gasteiger partial charge is 0.392 e. The highest BCUT2D eigenvalue weighted by Crippen LogP contribution is 2.15. The zero-order valence-electron chi connectivity index (χ0n) is 15.2. The molecule has 1 heterocycles. The molecule has 24 heavy (non-hydrogen) atoms. The Labute approximate surface area is 145 Å². The van der Waals surface area contributed by atoms with Crippen molar-refractivity contribution in [1.82, 2.24) is 4.98 Å². The van der Waals surface area contributed by atoms with Gasteiger partial charge in [0.05, 0.1) is 6.61 Å². The Morgan fingerprint density at radius 3 is 2.17 bits per heavy atom. The van der Waals surface area contributed by atoms with Crippen molar-refractivity contribution in [2.45, 2.75) is 53.6 Å². The van der Waals surface area contributed by atoms with Crippen molar-refractivity contribution in [3.05, 3.63) is 65.0 Å². The molecule has 0 aliphatic rings. The monoisotopic (exact) mass is 327 g/mol. The number of rotatable bonds is 6. The number of hydrogen-bond acceptors (Lipinski definition) is 3. The molecule has 2 aromatic rings. The number of hydrogen-bond donors (Lipinski definition) is 1. The molecule has 0 spiro atoms. The second-order valence-corrected chi connectivity index (χ2v) is 6.11. The molecule has 3 nitrogen and oxygen atoms in total. The quantitative estimate of drug-likeness (QED) is 0.775. The molecule has 0 saturated heterocycles. The lowest BCUT2D eigenvalue weighted by molar-refractivity contribution is 0.0927. The molecule has 1 unspecified atom stereocenters. The minimum absolute atomic E-state index is 0.0332. The van der Waals surface area contributed by atoms with Gasteiger partial charge in [-0.3, -0.25) is 9.78 Å². The number of ketones is 1. The van der Waals surface area contributed by atoms with E-state index in [-0.39, 0.29) is 18.3 Å². The van der Waals surface area contributed by atoms with Crippen molar-refractivity contribution in [1.29, 1.82) is 0 Å². The second-order valence-electron chi connectivity index (χ2n) is 6.11. The zero-order chi connectivity index (χ0) is 17.9. The number of pyridine rings is 1. The number of Topliss-reactive ketones (excluding diaryl/α,β-unsaturated/α-hetero) is 1. The Kier molecular flexibility index (Phi) is 8.95. The summed E-state index contributed by atoms with van der Waals surface area (Å²) in [6.07, 6.45) is 6.27. The van der Waals surface area contributed by atoms with Crippen LogP contribution in [0.15, 0.2) is 42.7 Å². The van der Waals surface area contributed by atoms with E-state index in [1.807, 2.05) is 44.2 Å². The Hall–Kier alpha value is -2.00. The van der Waals surface area contributed by atoms with Gasteiger partial charge in [0.15, 0.2) is 5.78 Å². The van der Waals surface area contributed by atoms with Crippen LogP contribution in [-0.2, 0) is 13.0 Å². The maximum Gasteiger partial charge on any atom is 0.167 e. The molecule has 1 aromatic heterocycles. The van der Waals surface area contributed by atoms with Crippen LogP contribution < -0.4 is 0 Å². The lowest BCUT2D eigenvalue weighted by Gasteiger charge is -2.09. The first-order valence-electron chi connectivity index (χ1n) is 8.72. The maximum atomic E-state index is 12.2. The average Bonchev–Trinajstić information content (AvgIpc) is 2.62. The van der Waals surface area contributed by atoms with E-state index >= 15 is 0 Å². The van der Waals surface area contributed by atoms with Crippen molar-refractivity contribution >= 4 is 5.78 Å². The zero-order valence-corrected chi connectivity index (χ0v) is 15.2. The number of benzene rings is 1. The van der Waals surface area contributed by atoms with E-state index in [0.29, 0.717) is 5.56 Å². The van der Waals surface area contributed by atoms with Crippen molar-refractivity contribution in [2.75, 3.05) is 0 Å². The molecule has 1 aromatic carbocycles. The third-order valence-corrected chi connectivity index (χ3v) is 3.75. The summed E-state index contributed by atoms with van der Waals surface area (Å²) in [6, 6.07) is 9.75. The Morgan fingerprint density at radius 1 is 1.04 bits per heavy atom. The van der Waals surface area contributed by atoms with Gasteiger partial charge in [0, 0.05) is 23.9 Å². The highest BCUT2D eigenvalue weighted by molar-refractivity contribution is 5.97. The topological polar surface area (TPSA) is 50.2 Å². The molecule has 0 radical (unpaired) electrons. The summed E-state index contributed by atoms with van der Waals surface area (Å²) in [4.78, 5) is 16.4. The van der Waals surface area contributed by atoms with Gasteiger partial charge in [-0.25, -0.2) is 0 Å². The molecule has 0 aliphatic heterocycles. The van der Waals surface area contributed by atoms with Crippen LogP contribution in [0.25, 0.3) is 0 Å². The van der Waals surface area contributed by atoms with Crippen LogP contribution in [-0.4, -0.2) is 15.9 Å². The number of aromatic nitrogens is 1. The molecule has 2 rings (SSSR count). The van der Waals surface area contributed by atoms with E-state index in [1.54, 1.807) is 12.4 Å². The lowest BCUT2D eigenvalue weighted by Crippen LogP contribution is -2.11. The predicted octanol–water partition coefficient (Wildman–Crippen LogP) is 4.81. The van der Waals surface area contributed by atoms with Gasteiger partial charge in [0.2, 0.25) is 0 Å². The van der Waals surface area contributed by atoms with Gasteiger partial charge in [0.1, 0.15) is 0 Å². The molecule has 0 aliphatic carbocycles. The molecular weight excluding hydrogens is 298 g/mol. The fourth-order valence-electron chi connectivity index (χ4n) is 2.19. The lowest BCUT2D eigenvalue weighted by atomic mass is 9.96. The minimum atomic E-state index is 0.0332. The second kappa shape index (κ2) is 10.7. The van der Waals surface area contributed by atoms with E-state index in [9.17, 15) is 4.79 Å². The molecule has 1 atom stereocenters. The van der Waals surface area contributed by atoms with Gasteiger partial charge >= 0.3 is 0 Å². The molecule has 0 fully saturated rings.